The molecule has 1 saturated heterocycles. The number of hydrogen-bond acceptors (Lipinski definition) is 3. The number of halogens is 2. The van der Waals surface area contributed by atoms with Crippen LogP contribution in [0.2, 0.25) is 0 Å². The van der Waals surface area contributed by atoms with Crippen molar-refractivity contribution in [2.24, 2.45) is 0 Å². The lowest BCUT2D eigenvalue weighted by Crippen LogP contribution is -2.47. The Kier molecular flexibility index (Phi) is 2.92. The van der Waals surface area contributed by atoms with Gasteiger partial charge in [0.15, 0.2) is 0 Å². The quantitative estimate of drug-likeness (QED) is 0.772. The summed E-state index contributed by atoms with van der Waals surface area (Å²) in [5.74, 6) is -2.63. The molecule has 0 radical (unpaired) electrons. The molecule has 4 nitrogen and oxygen atoms in total. The monoisotopic (exact) mass is 230 g/mol. The Balaban J connectivity index is 2.15. The third-order valence-corrected chi connectivity index (χ3v) is 2.90. The largest absolute Gasteiger partial charge is 0.296 e. The maximum atomic E-state index is 13.5. The SMILES string of the molecule is CCN1CC(n2cc(C)nn2)CC(F)(F)C1. The van der Waals surface area contributed by atoms with Crippen LogP contribution in [-0.2, 0) is 0 Å². The van der Waals surface area contributed by atoms with Crippen LogP contribution < -0.4 is 0 Å². The summed E-state index contributed by atoms with van der Waals surface area (Å²) in [4.78, 5) is 1.76. The van der Waals surface area contributed by atoms with Gasteiger partial charge in [-0.2, -0.15) is 0 Å². The third kappa shape index (κ3) is 2.37. The van der Waals surface area contributed by atoms with Gasteiger partial charge in [0.2, 0.25) is 0 Å². The first-order valence-corrected chi connectivity index (χ1v) is 5.49. The molecule has 0 spiro atoms. The molecule has 1 atom stereocenters. The number of hydrogen-bond donors (Lipinski definition) is 0. The summed E-state index contributed by atoms with van der Waals surface area (Å²) < 4.78 is 28.5. The van der Waals surface area contributed by atoms with Gasteiger partial charge in [-0.05, 0) is 13.5 Å². The lowest BCUT2D eigenvalue weighted by atomic mass is 10.0. The van der Waals surface area contributed by atoms with Gasteiger partial charge in [-0.15, -0.1) is 5.10 Å². The van der Waals surface area contributed by atoms with Gasteiger partial charge in [0.25, 0.3) is 5.92 Å². The number of rotatable bonds is 2. The van der Waals surface area contributed by atoms with E-state index < -0.39 is 5.92 Å². The van der Waals surface area contributed by atoms with Crippen LogP contribution in [0.3, 0.4) is 0 Å². The van der Waals surface area contributed by atoms with E-state index in [2.05, 4.69) is 10.3 Å². The Labute approximate surface area is 93.2 Å². The van der Waals surface area contributed by atoms with Crippen molar-refractivity contribution in [2.45, 2.75) is 32.2 Å². The summed E-state index contributed by atoms with van der Waals surface area (Å²) in [6.45, 7) is 4.81. The molecule has 90 valence electrons. The fraction of sp³-hybridized carbons (Fsp3) is 0.800. The van der Waals surface area contributed by atoms with Gasteiger partial charge in [0.05, 0.1) is 18.3 Å². The van der Waals surface area contributed by atoms with Crippen LogP contribution in [-0.4, -0.2) is 45.5 Å². The summed E-state index contributed by atoms with van der Waals surface area (Å²) in [6.07, 6.45) is 1.58. The highest BCUT2D eigenvalue weighted by molar-refractivity contribution is 4.93. The lowest BCUT2D eigenvalue weighted by Gasteiger charge is -2.36. The van der Waals surface area contributed by atoms with Crippen molar-refractivity contribution in [2.75, 3.05) is 19.6 Å². The van der Waals surface area contributed by atoms with E-state index in [-0.39, 0.29) is 19.0 Å². The molecule has 0 bridgehead atoms. The zero-order valence-corrected chi connectivity index (χ0v) is 9.53. The summed E-state index contributed by atoms with van der Waals surface area (Å²) in [5.41, 5.74) is 0.761. The summed E-state index contributed by atoms with van der Waals surface area (Å²) in [7, 11) is 0. The number of nitrogens with zero attached hydrogens (tertiary/aromatic N) is 4. The molecule has 1 aromatic heterocycles. The molecule has 0 N–H and O–H groups in total. The Morgan fingerprint density at radius 3 is 2.88 bits per heavy atom. The Bertz CT molecular complexity index is 363. The number of likely N-dealkylation sites (tertiary alicyclic amines) is 1. The smallest absolute Gasteiger partial charge is 0.262 e. The average Bonchev–Trinajstić information content (AvgIpc) is 2.62. The molecule has 0 aromatic carbocycles. The van der Waals surface area contributed by atoms with Crippen LogP contribution in [0.1, 0.15) is 25.1 Å². The minimum atomic E-state index is -2.63. The van der Waals surface area contributed by atoms with E-state index in [1.165, 1.54) is 0 Å². The summed E-state index contributed by atoms with van der Waals surface area (Å²) in [5, 5.41) is 7.72. The van der Waals surface area contributed by atoms with E-state index in [1.807, 2.05) is 13.8 Å². The molecule has 6 heteroatoms. The second-order valence-electron chi connectivity index (χ2n) is 4.38. The molecule has 2 heterocycles. The normalized spacial score (nSPS) is 25.9. The first-order chi connectivity index (χ1) is 7.50. The fourth-order valence-electron chi connectivity index (χ4n) is 2.13. The van der Waals surface area contributed by atoms with Crippen LogP contribution in [0.25, 0.3) is 0 Å². The Morgan fingerprint density at radius 1 is 1.56 bits per heavy atom. The molecular formula is C10H16F2N4. The predicted octanol–water partition coefficient (Wildman–Crippen LogP) is 1.49. The van der Waals surface area contributed by atoms with Crippen molar-refractivity contribution in [3.8, 4) is 0 Å². The highest BCUT2D eigenvalue weighted by atomic mass is 19.3. The van der Waals surface area contributed by atoms with Gasteiger partial charge in [-0.3, -0.25) is 4.90 Å². The maximum Gasteiger partial charge on any atom is 0.262 e. The third-order valence-electron chi connectivity index (χ3n) is 2.90. The molecular weight excluding hydrogens is 214 g/mol. The first kappa shape index (κ1) is 11.4. The number of aryl methyl sites for hydroxylation is 1. The van der Waals surface area contributed by atoms with Crippen molar-refractivity contribution >= 4 is 0 Å². The van der Waals surface area contributed by atoms with Crippen molar-refractivity contribution < 1.29 is 8.78 Å². The second-order valence-corrected chi connectivity index (χ2v) is 4.38. The van der Waals surface area contributed by atoms with Crippen LogP contribution in [0.15, 0.2) is 6.20 Å². The van der Waals surface area contributed by atoms with Crippen LogP contribution in [0, 0.1) is 6.92 Å². The molecule has 0 saturated carbocycles. The molecule has 0 aliphatic carbocycles. The topological polar surface area (TPSA) is 34.0 Å². The minimum Gasteiger partial charge on any atom is -0.296 e. The van der Waals surface area contributed by atoms with Crippen LogP contribution in [0.4, 0.5) is 8.78 Å². The minimum absolute atomic E-state index is 0.145. The van der Waals surface area contributed by atoms with E-state index in [0.29, 0.717) is 13.1 Å². The maximum absolute atomic E-state index is 13.5. The van der Waals surface area contributed by atoms with E-state index in [9.17, 15) is 8.78 Å². The number of piperidine rings is 1. The molecule has 0 amide bonds. The average molecular weight is 230 g/mol. The lowest BCUT2D eigenvalue weighted by molar-refractivity contribution is -0.0817. The van der Waals surface area contributed by atoms with Crippen molar-refractivity contribution in [3.05, 3.63) is 11.9 Å². The van der Waals surface area contributed by atoms with Gasteiger partial charge in [-0.25, -0.2) is 13.5 Å². The van der Waals surface area contributed by atoms with Gasteiger partial charge in [-0.1, -0.05) is 12.1 Å². The molecule has 1 aliphatic heterocycles. The standard InChI is InChI=1S/C10H16F2N4/c1-3-15-6-9(4-10(11,12)7-15)16-5-8(2)13-14-16/h5,9H,3-4,6-7H2,1-2H3. The van der Waals surface area contributed by atoms with E-state index >= 15 is 0 Å². The summed E-state index contributed by atoms with van der Waals surface area (Å²) in [6, 6.07) is -0.273. The molecule has 1 aromatic rings. The highest BCUT2D eigenvalue weighted by Crippen LogP contribution is 2.32. The van der Waals surface area contributed by atoms with Crippen molar-refractivity contribution in [3.63, 3.8) is 0 Å². The van der Waals surface area contributed by atoms with Crippen LogP contribution in [0.5, 0.6) is 0 Å². The second kappa shape index (κ2) is 4.08. The molecule has 1 aliphatic rings. The zero-order valence-electron chi connectivity index (χ0n) is 9.53. The summed E-state index contributed by atoms with van der Waals surface area (Å²) >= 11 is 0. The Hall–Kier alpha value is -1.04. The fourth-order valence-corrected chi connectivity index (χ4v) is 2.13. The number of aromatic nitrogens is 3. The van der Waals surface area contributed by atoms with Gasteiger partial charge < -0.3 is 0 Å². The van der Waals surface area contributed by atoms with Crippen LogP contribution >= 0.6 is 0 Å². The van der Waals surface area contributed by atoms with E-state index in [4.69, 9.17) is 0 Å². The van der Waals surface area contributed by atoms with Gasteiger partial charge in [0, 0.05) is 19.2 Å². The first-order valence-electron chi connectivity index (χ1n) is 5.49. The molecule has 1 unspecified atom stereocenters. The number of alkyl halides is 2. The van der Waals surface area contributed by atoms with E-state index in [1.54, 1.807) is 15.8 Å². The van der Waals surface area contributed by atoms with Crippen molar-refractivity contribution in [1.82, 2.24) is 19.9 Å². The molecule has 16 heavy (non-hydrogen) atoms. The molecule has 2 rings (SSSR count). The molecule has 1 fully saturated rings. The Morgan fingerprint density at radius 2 is 2.31 bits per heavy atom. The zero-order chi connectivity index (χ0) is 11.8. The van der Waals surface area contributed by atoms with Gasteiger partial charge >= 0.3 is 0 Å². The predicted molar refractivity (Wildman–Crippen MR) is 55.5 cm³/mol. The van der Waals surface area contributed by atoms with E-state index in [0.717, 1.165) is 5.69 Å². The van der Waals surface area contributed by atoms with Gasteiger partial charge in [0.1, 0.15) is 0 Å². The number of likely N-dealkylation sites (N-methyl/N-ethyl adjacent to an activating group) is 1. The van der Waals surface area contributed by atoms with Crippen molar-refractivity contribution in [1.29, 1.82) is 0 Å². The highest BCUT2D eigenvalue weighted by Gasteiger charge is 2.40.